The molecule has 0 unspecified atom stereocenters. The van der Waals surface area contributed by atoms with Crippen LogP contribution in [0, 0.1) is 0 Å². The standard InChI is InChI=1S/C10H16ClN3O4S/c1-13-10(9(11)4-12-13)19(16,17)14-5-8(18-2)3-7(14)6-15/h4,7-8,15H,3,5-6H2,1-2H3/t7-,8-/m0/s1. The number of aromatic nitrogens is 2. The van der Waals surface area contributed by atoms with Crippen molar-refractivity contribution >= 4 is 21.6 Å². The summed E-state index contributed by atoms with van der Waals surface area (Å²) in [7, 11) is -0.769. The van der Waals surface area contributed by atoms with Crippen LogP contribution in [-0.4, -0.2) is 60.0 Å². The van der Waals surface area contributed by atoms with Crippen LogP contribution >= 0.6 is 11.6 Å². The molecule has 108 valence electrons. The predicted molar refractivity (Wildman–Crippen MR) is 68.4 cm³/mol. The number of methoxy groups -OCH3 is 1. The first-order chi connectivity index (χ1) is 8.91. The van der Waals surface area contributed by atoms with Gasteiger partial charge in [0, 0.05) is 20.7 Å². The van der Waals surface area contributed by atoms with Crippen molar-refractivity contribution in [1.82, 2.24) is 14.1 Å². The quantitative estimate of drug-likeness (QED) is 0.835. The minimum atomic E-state index is -3.80. The van der Waals surface area contributed by atoms with Gasteiger partial charge in [0.2, 0.25) is 0 Å². The maximum atomic E-state index is 12.6. The fourth-order valence-corrected chi connectivity index (χ4v) is 4.55. The highest BCUT2D eigenvalue weighted by Crippen LogP contribution is 2.30. The van der Waals surface area contributed by atoms with Gasteiger partial charge in [-0.3, -0.25) is 4.68 Å². The van der Waals surface area contributed by atoms with Crippen molar-refractivity contribution in [3.8, 4) is 0 Å². The van der Waals surface area contributed by atoms with Crippen LogP contribution in [-0.2, 0) is 21.8 Å². The van der Waals surface area contributed by atoms with Gasteiger partial charge in [0.15, 0.2) is 5.03 Å². The molecule has 1 saturated heterocycles. The SMILES string of the molecule is CO[C@H]1C[C@@H](CO)N(S(=O)(=O)c2c(Cl)cnn2C)C1. The molecule has 2 rings (SSSR count). The molecule has 0 aromatic carbocycles. The van der Waals surface area contributed by atoms with Crippen molar-refractivity contribution in [2.24, 2.45) is 7.05 Å². The molecule has 1 aromatic rings. The Morgan fingerprint density at radius 2 is 2.32 bits per heavy atom. The van der Waals surface area contributed by atoms with Crippen LogP contribution in [0.1, 0.15) is 6.42 Å². The van der Waals surface area contributed by atoms with Gasteiger partial charge in [-0.05, 0) is 6.42 Å². The largest absolute Gasteiger partial charge is 0.395 e. The van der Waals surface area contributed by atoms with Gasteiger partial charge in [0.05, 0.1) is 30.0 Å². The summed E-state index contributed by atoms with van der Waals surface area (Å²) < 4.78 is 32.8. The minimum absolute atomic E-state index is 0.0654. The average Bonchev–Trinajstić information content (AvgIpc) is 2.93. The molecule has 1 aliphatic rings. The Balaban J connectivity index is 2.40. The van der Waals surface area contributed by atoms with Gasteiger partial charge in [-0.2, -0.15) is 9.40 Å². The van der Waals surface area contributed by atoms with Crippen LogP contribution in [0.25, 0.3) is 0 Å². The molecule has 0 bridgehead atoms. The molecule has 9 heteroatoms. The van der Waals surface area contributed by atoms with Crippen molar-refractivity contribution in [3.63, 3.8) is 0 Å². The zero-order chi connectivity index (χ0) is 14.2. The molecule has 0 radical (unpaired) electrons. The van der Waals surface area contributed by atoms with Gasteiger partial charge in [0.1, 0.15) is 0 Å². The van der Waals surface area contributed by atoms with Crippen molar-refractivity contribution in [2.75, 3.05) is 20.3 Å². The molecule has 0 amide bonds. The van der Waals surface area contributed by atoms with E-state index in [0.717, 1.165) is 0 Å². The number of hydrogen-bond acceptors (Lipinski definition) is 5. The third-order valence-corrected chi connectivity index (χ3v) is 5.69. The lowest BCUT2D eigenvalue weighted by atomic mass is 10.2. The number of rotatable bonds is 4. The van der Waals surface area contributed by atoms with Gasteiger partial charge in [-0.1, -0.05) is 11.6 Å². The second-order valence-corrected chi connectivity index (χ2v) is 6.64. The molecule has 2 heterocycles. The number of halogens is 1. The van der Waals surface area contributed by atoms with E-state index in [0.29, 0.717) is 6.42 Å². The van der Waals surface area contributed by atoms with Crippen molar-refractivity contribution in [3.05, 3.63) is 11.2 Å². The normalized spacial score (nSPS) is 25.1. The van der Waals surface area contributed by atoms with E-state index in [1.807, 2.05) is 0 Å². The highest BCUT2D eigenvalue weighted by atomic mass is 35.5. The van der Waals surface area contributed by atoms with Crippen LogP contribution in [0.4, 0.5) is 0 Å². The lowest BCUT2D eigenvalue weighted by Gasteiger charge is -2.22. The fourth-order valence-electron chi connectivity index (χ4n) is 2.28. The van der Waals surface area contributed by atoms with E-state index in [1.54, 1.807) is 0 Å². The van der Waals surface area contributed by atoms with E-state index >= 15 is 0 Å². The first-order valence-electron chi connectivity index (χ1n) is 5.74. The summed E-state index contributed by atoms with van der Waals surface area (Å²) in [5.41, 5.74) is 0. The first kappa shape index (κ1) is 14.7. The summed E-state index contributed by atoms with van der Waals surface area (Å²) in [6, 6.07) is -0.499. The predicted octanol–water partition coefficient (Wildman–Crippen LogP) is -0.156. The highest BCUT2D eigenvalue weighted by Gasteiger charge is 2.42. The summed E-state index contributed by atoms with van der Waals surface area (Å²) in [5.74, 6) is 0. The van der Waals surface area contributed by atoms with Crippen molar-refractivity contribution in [1.29, 1.82) is 0 Å². The maximum absolute atomic E-state index is 12.6. The fraction of sp³-hybridized carbons (Fsp3) is 0.700. The third-order valence-electron chi connectivity index (χ3n) is 3.27. The van der Waals surface area contributed by atoms with E-state index in [1.165, 1.54) is 29.3 Å². The first-order valence-corrected chi connectivity index (χ1v) is 7.56. The Hall–Kier alpha value is -0.670. The Labute approximate surface area is 116 Å². The number of nitrogens with zero attached hydrogens (tertiary/aromatic N) is 3. The molecule has 7 nitrogen and oxygen atoms in total. The molecule has 0 saturated carbocycles. The molecular weight excluding hydrogens is 294 g/mol. The van der Waals surface area contributed by atoms with E-state index in [4.69, 9.17) is 16.3 Å². The maximum Gasteiger partial charge on any atom is 0.262 e. The second kappa shape index (κ2) is 5.37. The molecule has 1 N–H and O–H groups in total. The Bertz CT molecular complexity index is 540. The Morgan fingerprint density at radius 3 is 2.79 bits per heavy atom. The van der Waals surface area contributed by atoms with E-state index in [2.05, 4.69) is 5.10 Å². The second-order valence-electron chi connectivity index (χ2n) is 4.43. The molecule has 19 heavy (non-hydrogen) atoms. The molecular formula is C10H16ClN3O4S. The lowest BCUT2D eigenvalue weighted by Crippen LogP contribution is -2.39. The van der Waals surface area contributed by atoms with Gasteiger partial charge in [0.25, 0.3) is 10.0 Å². The number of aliphatic hydroxyl groups excluding tert-OH is 1. The Kier molecular flexibility index (Phi) is 4.17. The van der Waals surface area contributed by atoms with Gasteiger partial charge >= 0.3 is 0 Å². The summed E-state index contributed by atoms with van der Waals surface area (Å²) in [4.78, 5) is 0. The number of aliphatic hydroxyl groups is 1. The van der Waals surface area contributed by atoms with Crippen LogP contribution in [0.2, 0.25) is 5.02 Å². The topological polar surface area (TPSA) is 84.7 Å². The summed E-state index contributed by atoms with van der Waals surface area (Å²) in [5, 5.41) is 13.2. The van der Waals surface area contributed by atoms with Gasteiger partial charge in [-0.25, -0.2) is 8.42 Å². The van der Waals surface area contributed by atoms with Crippen LogP contribution in [0.3, 0.4) is 0 Å². The summed E-state index contributed by atoms with van der Waals surface area (Å²) >= 11 is 5.89. The molecule has 1 aliphatic heterocycles. The van der Waals surface area contributed by atoms with Crippen molar-refractivity contribution in [2.45, 2.75) is 23.6 Å². The average molecular weight is 310 g/mol. The smallest absolute Gasteiger partial charge is 0.262 e. The van der Waals surface area contributed by atoms with Gasteiger partial charge in [-0.15, -0.1) is 0 Å². The van der Waals surface area contributed by atoms with Gasteiger partial charge < -0.3 is 9.84 Å². The van der Waals surface area contributed by atoms with Crippen LogP contribution < -0.4 is 0 Å². The van der Waals surface area contributed by atoms with Crippen LogP contribution in [0.5, 0.6) is 0 Å². The number of aryl methyl sites for hydroxylation is 1. The number of ether oxygens (including phenoxy) is 1. The monoisotopic (exact) mass is 309 g/mol. The van der Waals surface area contributed by atoms with E-state index < -0.39 is 16.1 Å². The lowest BCUT2D eigenvalue weighted by molar-refractivity contribution is 0.113. The van der Waals surface area contributed by atoms with E-state index in [-0.39, 0.29) is 29.3 Å². The Morgan fingerprint density at radius 1 is 1.63 bits per heavy atom. The summed E-state index contributed by atoms with van der Waals surface area (Å²) in [6.07, 6.45) is 1.52. The number of hydrogen-bond donors (Lipinski definition) is 1. The third kappa shape index (κ3) is 2.50. The molecule has 0 aliphatic carbocycles. The van der Waals surface area contributed by atoms with Crippen LogP contribution in [0.15, 0.2) is 11.2 Å². The van der Waals surface area contributed by atoms with Crippen molar-refractivity contribution < 1.29 is 18.3 Å². The molecule has 1 aromatic heterocycles. The number of sulfonamides is 1. The molecule has 0 spiro atoms. The molecule has 2 atom stereocenters. The zero-order valence-electron chi connectivity index (χ0n) is 10.7. The molecule has 1 fully saturated rings. The zero-order valence-corrected chi connectivity index (χ0v) is 12.2. The van der Waals surface area contributed by atoms with E-state index in [9.17, 15) is 13.5 Å². The minimum Gasteiger partial charge on any atom is -0.395 e. The summed E-state index contributed by atoms with van der Waals surface area (Å²) in [6.45, 7) is -0.0554. The highest BCUT2D eigenvalue weighted by molar-refractivity contribution is 7.89.